The first kappa shape index (κ1) is 13.2. The van der Waals surface area contributed by atoms with Gasteiger partial charge in [-0.2, -0.15) is 0 Å². The van der Waals surface area contributed by atoms with E-state index in [2.05, 4.69) is 53.2 Å². The molecule has 0 fully saturated rings. The second kappa shape index (κ2) is 5.43. The molecule has 0 unspecified atom stereocenters. The van der Waals surface area contributed by atoms with Crippen molar-refractivity contribution in [3.63, 3.8) is 0 Å². The second-order valence-electron chi connectivity index (χ2n) is 4.37. The van der Waals surface area contributed by atoms with Gasteiger partial charge in [0.1, 0.15) is 0 Å². The molecule has 0 aliphatic carbocycles. The van der Waals surface area contributed by atoms with Gasteiger partial charge in [-0.15, -0.1) is 11.3 Å². The fraction of sp³-hybridized carbons (Fsp3) is 0.636. The molecule has 0 atom stereocenters. The molecule has 15 heavy (non-hydrogen) atoms. The zero-order valence-electron chi connectivity index (χ0n) is 9.46. The van der Waals surface area contributed by atoms with Crippen molar-refractivity contribution < 1.29 is 5.11 Å². The predicted octanol–water partition coefficient (Wildman–Crippen LogP) is 3.10. The van der Waals surface area contributed by atoms with Crippen LogP contribution in [0.2, 0.25) is 0 Å². The molecule has 86 valence electrons. The van der Waals surface area contributed by atoms with Crippen LogP contribution in [0.5, 0.6) is 0 Å². The number of thiophene rings is 1. The third kappa shape index (κ3) is 3.87. The normalized spacial score (nSPS) is 12.4. The van der Waals surface area contributed by atoms with Gasteiger partial charge >= 0.3 is 0 Å². The number of hydrogen-bond donors (Lipinski definition) is 1. The van der Waals surface area contributed by atoms with E-state index in [-0.39, 0.29) is 12.1 Å². The van der Waals surface area contributed by atoms with Gasteiger partial charge in [-0.3, -0.25) is 4.90 Å². The largest absolute Gasteiger partial charge is 0.396 e. The van der Waals surface area contributed by atoms with Crippen LogP contribution in [0.4, 0.5) is 0 Å². The molecule has 1 heterocycles. The minimum atomic E-state index is 0.0468. The topological polar surface area (TPSA) is 23.5 Å². The number of nitrogens with zero attached hydrogens (tertiary/aromatic N) is 1. The molecule has 0 aliphatic rings. The van der Waals surface area contributed by atoms with Gasteiger partial charge in [-0.1, -0.05) is 0 Å². The van der Waals surface area contributed by atoms with E-state index in [9.17, 15) is 0 Å². The summed E-state index contributed by atoms with van der Waals surface area (Å²) in [6.07, 6.45) is 0.802. The van der Waals surface area contributed by atoms with Gasteiger partial charge in [-0.05, 0) is 49.3 Å². The number of aliphatic hydroxyl groups excluding tert-OH is 1. The van der Waals surface area contributed by atoms with Crippen LogP contribution in [0, 0.1) is 0 Å². The molecule has 0 saturated heterocycles. The maximum absolute atomic E-state index is 8.99. The third-order valence-electron chi connectivity index (χ3n) is 2.77. The SMILES string of the molecule is CN(Cc1cc(Br)cs1)C(C)(C)CCO. The minimum Gasteiger partial charge on any atom is -0.396 e. The Hall–Kier alpha value is 0.1000. The summed E-state index contributed by atoms with van der Waals surface area (Å²) < 4.78 is 1.15. The van der Waals surface area contributed by atoms with E-state index in [1.165, 1.54) is 4.88 Å². The number of halogens is 1. The molecule has 0 bridgehead atoms. The molecule has 1 N–H and O–H groups in total. The minimum absolute atomic E-state index is 0.0468. The van der Waals surface area contributed by atoms with Crippen LogP contribution in [-0.2, 0) is 6.54 Å². The number of rotatable bonds is 5. The van der Waals surface area contributed by atoms with Crippen molar-refractivity contribution in [2.75, 3.05) is 13.7 Å². The van der Waals surface area contributed by atoms with Crippen LogP contribution in [-0.4, -0.2) is 29.2 Å². The van der Waals surface area contributed by atoms with Crippen LogP contribution < -0.4 is 0 Å². The molecule has 1 rings (SSSR count). The van der Waals surface area contributed by atoms with Crippen LogP contribution in [0.25, 0.3) is 0 Å². The van der Waals surface area contributed by atoms with Crippen LogP contribution >= 0.6 is 27.3 Å². The number of aliphatic hydroxyl groups is 1. The van der Waals surface area contributed by atoms with E-state index in [1.807, 2.05) is 0 Å². The van der Waals surface area contributed by atoms with Crippen molar-refractivity contribution in [3.05, 3.63) is 20.8 Å². The average molecular weight is 292 g/mol. The Labute approximate surface area is 104 Å². The van der Waals surface area contributed by atoms with Crippen LogP contribution in [0.15, 0.2) is 15.9 Å². The monoisotopic (exact) mass is 291 g/mol. The third-order valence-corrected chi connectivity index (χ3v) is 4.45. The van der Waals surface area contributed by atoms with Crippen LogP contribution in [0.3, 0.4) is 0 Å². The van der Waals surface area contributed by atoms with Crippen molar-refractivity contribution in [1.29, 1.82) is 0 Å². The first-order valence-corrected chi connectivity index (χ1v) is 6.68. The zero-order chi connectivity index (χ0) is 11.5. The molecule has 0 saturated carbocycles. The molecule has 1 aromatic rings. The zero-order valence-corrected chi connectivity index (χ0v) is 11.9. The molecular weight excluding hydrogens is 274 g/mol. The van der Waals surface area contributed by atoms with Gasteiger partial charge in [0.15, 0.2) is 0 Å². The lowest BCUT2D eigenvalue weighted by molar-refractivity contribution is 0.111. The summed E-state index contributed by atoms with van der Waals surface area (Å²) in [7, 11) is 2.10. The summed E-state index contributed by atoms with van der Waals surface area (Å²) in [5, 5.41) is 11.1. The molecule has 0 aliphatic heterocycles. The molecular formula is C11H18BrNOS. The van der Waals surface area contributed by atoms with E-state index < -0.39 is 0 Å². The summed E-state index contributed by atoms with van der Waals surface area (Å²) in [6, 6.07) is 2.15. The van der Waals surface area contributed by atoms with Crippen molar-refractivity contribution in [2.24, 2.45) is 0 Å². The van der Waals surface area contributed by atoms with Crippen molar-refractivity contribution >= 4 is 27.3 Å². The highest BCUT2D eigenvalue weighted by Gasteiger charge is 2.22. The summed E-state index contributed by atoms with van der Waals surface area (Å²) in [5.74, 6) is 0. The molecule has 0 radical (unpaired) electrons. The molecule has 1 aromatic heterocycles. The van der Waals surface area contributed by atoms with Crippen molar-refractivity contribution in [3.8, 4) is 0 Å². The predicted molar refractivity (Wildman–Crippen MR) is 69.3 cm³/mol. The molecule has 4 heteroatoms. The standard InChI is InChI=1S/C11H18BrNOS/c1-11(2,4-5-14)13(3)7-10-6-9(12)8-15-10/h6,8,14H,4-5,7H2,1-3H3. The number of hydrogen-bond acceptors (Lipinski definition) is 3. The lowest BCUT2D eigenvalue weighted by Crippen LogP contribution is -2.41. The Kier molecular flexibility index (Phi) is 4.77. The quantitative estimate of drug-likeness (QED) is 0.901. The Morgan fingerprint density at radius 1 is 1.53 bits per heavy atom. The highest BCUT2D eigenvalue weighted by atomic mass is 79.9. The van der Waals surface area contributed by atoms with E-state index in [1.54, 1.807) is 11.3 Å². The first-order valence-electron chi connectivity index (χ1n) is 5.01. The van der Waals surface area contributed by atoms with Crippen molar-refractivity contribution in [2.45, 2.75) is 32.4 Å². The maximum Gasteiger partial charge on any atom is 0.0448 e. The second-order valence-corrected chi connectivity index (χ2v) is 6.28. The summed E-state index contributed by atoms with van der Waals surface area (Å²) in [4.78, 5) is 3.62. The van der Waals surface area contributed by atoms with Gasteiger partial charge in [0.05, 0.1) is 0 Å². The Morgan fingerprint density at radius 3 is 2.67 bits per heavy atom. The van der Waals surface area contributed by atoms with E-state index in [0.29, 0.717) is 0 Å². The smallest absolute Gasteiger partial charge is 0.0448 e. The van der Waals surface area contributed by atoms with Gasteiger partial charge in [-0.25, -0.2) is 0 Å². The van der Waals surface area contributed by atoms with E-state index in [0.717, 1.165) is 17.4 Å². The van der Waals surface area contributed by atoms with Crippen LogP contribution in [0.1, 0.15) is 25.1 Å². The average Bonchev–Trinajstić information content (AvgIpc) is 2.51. The molecule has 2 nitrogen and oxygen atoms in total. The fourth-order valence-corrected chi connectivity index (χ4v) is 2.85. The maximum atomic E-state index is 8.99. The lowest BCUT2D eigenvalue weighted by atomic mass is 9.99. The molecule has 0 amide bonds. The van der Waals surface area contributed by atoms with E-state index >= 15 is 0 Å². The van der Waals surface area contributed by atoms with Gasteiger partial charge in [0.25, 0.3) is 0 Å². The lowest BCUT2D eigenvalue weighted by Gasteiger charge is -2.35. The fourth-order valence-electron chi connectivity index (χ4n) is 1.35. The summed E-state index contributed by atoms with van der Waals surface area (Å²) >= 11 is 5.22. The summed E-state index contributed by atoms with van der Waals surface area (Å²) in [5.41, 5.74) is 0.0468. The highest BCUT2D eigenvalue weighted by Crippen LogP contribution is 2.24. The Bertz CT molecular complexity index is 311. The molecule has 0 aromatic carbocycles. The van der Waals surface area contributed by atoms with E-state index in [4.69, 9.17) is 5.11 Å². The first-order chi connectivity index (χ1) is 6.95. The Balaban J connectivity index is 2.58. The van der Waals surface area contributed by atoms with Crippen molar-refractivity contribution in [1.82, 2.24) is 4.90 Å². The van der Waals surface area contributed by atoms with Gasteiger partial charge in [0.2, 0.25) is 0 Å². The van der Waals surface area contributed by atoms with Gasteiger partial charge < -0.3 is 5.11 Å². The Morgan fingerprint density at radius 2 is 2.20 bits per heavy atom. The molecule has 0 spiro atoms. The highest BCUT2D eigenvalue weighted by molar-refractivity contribution is 9.10. The van der Waals surface area contributed by atoms with Gasteiger partial charge in [0, 0.05) is 33.4 Å². The summed E-state index contributed by atoms with van der Waals surface area (Å²) in [6.45, 7) is 5.49.